The molecule has 108 valence electrons. The average molecular weight is 295 g/mol. The highest BCUT2D eigenvalue weighted by atomic mass is 32.2. The number of nitrogens with two attached hydrogens (primary N) is 1. The molecule has 0 saturated carbocycles. The Morgan fingerprint density at radius 3 is 2.85 bits per heavy atom. The molecule has 0 radical (unpaired) electrons. The zero-order valence-electron chi connectivity index (χ0n) is 11.2. The lowest BCUT2D eigenvalue weighted by Crippen LogP contribution is -2.25. The topological polar surface area (TPSA) is 94.3 Å². The minimum absolute atomic E-state index is 0.217. The Balaban J connectivity index is 2.21. The van der Waals surface area contributed by atoms with Crippen LogP contribution in [0, 0.1) is 0 Å². The van der Waals surface area contributed by atoms with Crippen LogP contribution in [0.2, 0.25) is 0 Å². The van der Waals surface area contributed by atoms with Crippen molar-refractivity contribution in [2.24, 2.45) is 0 Å². The molecule has 0 aliphatic heterocycles. The van der Waals surface area contributed by atoms with E-state index in [-0.39, 0.29) is 4.90 Å². The van der Waals surface area contributed by atoms with Gasteiger partial charge in [-0.2, -0.15) is 0 Å². The smallest absolute Gasteiger partial charge is 0.240 e. The first-order valence-electron chi connectivity index (χ1n) is 6.18. The third-order valence-electron chi connectivity index (χ3n) is 2.81. The second-order valence-corrected chi connectivity index (χ2v) is 6.10. The molecule has 0 amide bonds. The van der Waals surface area contributed by atoms with Crippen molar-refractivity contribution in [1.82, 2.24) is 9.71 Å². The van der Waals surface area contributed by atoms with Crippen molar-refractivity contribution in [3.8, 4) is 0 Å². The summed E-state index contributed by atoms with van der Waals surface area (Å²) in [6, 6.07) is 8.15. The molecule has 7 heteroatoms. The zero-order valence-corrected chi connectivity index (χ0v) is 12.0. The number of hydrogen-bond donors (Lipinski definition) is 2. The van der Waals surface area contributed by atoms with Gasteiger partial charge in [0, 0.05) is 25.6 Å². The molecule has 1 aromatic heterocycles. The molecule has 6 nitrogen and oxygen atoms in total. The summed E-state index contributed by atoms with van der Waals surface area (Å²) in [6.07, 6.45) is 0.626. The van der Waals surface area contributed by atoms with E-state index in [9.17, 15) is 8.42 Å². The van der Waals surface area contributed by atoms with Crippen molar-refractivity contribution in [2.75, 3.05) is 26.0 Å². The van der Waals surface area contributed by atoms with Crippen LogP contribution in [0.25, 0.3) is 10.9 Å². The van der Waals surface area contributed by atoms with Crippen molar-refractivity contribution in [3.63, 3.8) is 0 Å². The van der Waals surface area contributed by atoms with Gasteiger partial charge in [0.1, 0.15) is 5.82 Å². The number of hydrogen-bond acceptors (Lipinski definition) is 5. The Bertz CT molecular complexity index is 701. The molecule has 0 aliphatic carbocycles. The second-order valence-electron chi connectivity index (χ2n) is 4.33. The standard InChI is InChI=1S/C13H17N3O3S/c1-19-8-2-7-15-20(17,18)11-4-5-12-10(9-11)3-6-13(14)16-12/h3-6,9,15H,2,7-8H2,1H3,(H2,14,16). The molecule has 0 unspecified atom stereocenters. The predicted molar refractivity (Wildman–Crippen MR) is 77.8 cm³/mol. The van der Waals surface area contributed by atoms with Gasteiger partial charge in [0.15, 0.2) is 0 Å². The Morgan fingerprint density at radius 2 is 2.10 bits per heavy atom. The van der Waals surface area contributed by atoms with Gasteiger partial charge in [-0.15, -0.1) is 0 Å². The summed E-state index contributed by atoms with van der Waals surface area (Å²) >= 11 is 0. The Morgan fingerprint density at radius 1 is 1.30 bits per heavy atom. The molecule has 0 bridgehead atoms. The first kappa shape index (κ1) is 14.7. The molecule has 3 N–H and O–H groups in total. The van der Waals surface area contributed by atoms with E-state index in [1.807, 2.05) is 0 Å². The summed E-state index contributed by atoms with van der Waals surface area (Å²) < 4.78 is 31.6. The van der Waals surface area contributed by atoms with Crippen LogP contribution in [0.15, 0.2) is 35.2 Å². The fourth-order valence-electron chi connectivity index (χ4n) is 1.79. The SMILES string of the molecule is COCCCNS(=O)(=O)c1ccc2nc(N)ccc2c1. The molecule has 2 aromatic rings. The molecule has 1 heterocycles. The number of methoxy groups -OCH3 is 1. The van der Waals surface area contributed by atoms with E-state index in [4.69, 9.17) is 10.5 Å². The lowest BCUT2D eigenvalue weighted by atomic mass is 10.2. The number of sulfonamides is 1. The van der Waals surface area contributed by atoms with Crippen molar-refractivity contribution in [1.29, 1.82) is 0 Å². The number of pyridine rings is 1. The zero-order chi connectivity index (χ0) is 14.6. The van der Waals surface area contributed by atoms with Crippen LogP contribution in [0.1, 0.15) is 6.42 Å². The van der Waals surface area contributed by atoms with Crippen LogP contribution < -0.4 is 10.5 Å². The highest BCUT2D eigenvalue weighted by molar-refractivity contribution is 7.89. The monoisotopic (exact) mass is 295 g/mol. The molecular weight excluding hydrogens is 278 g/mol. The molecule has 0 aliphatic rings. The summed E-state index contributed by atoms with van der Waals surface area (Å²) in [5.74, 6) is 0.408. The number of nitrogen functional groups attached to an aromatic ring is 1. The van der Waals surface area contributed by atoms with Crippen LogP contribution in [0.5, 0.6) is 0 Å². The fraction of sp³-hybridized carbons (Fsp3) is 0.308. The Hall–Kier alpha value is -1.70. The van der Waals surface area contributed by atoms with E-state index in [1.165, 1.54) is 6.07 Å². The maximum Gasteiger partial charge on any atom is 0.240 e. The van der Waals surface area contributed by atoms with E-state index < -0.39 is 10.0 Å². The predicted octanol–water partition coefficient (Wildman–Crippen LogP) is 1.13. The van der Waals surface area contributed by atoms with Gasteiger partial charge >= 0.3 is 0 Å². The van der Waals surface area contributed by atoms with Crippen LogP contribution in [-0.2, 0) is 14.8 Å². The number of benzene rings is 1. The average Bonchev–Trinajstić information content (AvgIpc) is 2.43. The normalized spacial score (nSPS) is 11.8. The molecule has 0 saturated heterocycles. The fourth-order valence-corrected chi connectivity index (χ4v) is 2.90. The van der Waals surface area contributed by atoms with Crippen LogP contribution in [-0.4, -0.2) is 33.7 Å². The largest absolute Gasteiger partial charge is 0.385 e. The third kappa shape index (κ3) is 3.44. The van der Waals surface area contributed by atoms with Crippen molar-refractivity contribution < 1.29 is 13.2 Å². The first-order valence-corrected chi connectivity index (χ1v) is 7.66. The minimum atomic E-state index is -3.51. The summed E-state index contributed by atoms with van der Waals surface area (Å²) in [5, 5.41) is 0.735. The Labute approximate surface area is 118 Å². The number of nitrogens with one attached hydrogen (secondary N) is 1. The quantitative estimate of drug-likeness (QED) is 0.779. The molecule has 0 fully saturated rings. The molecule has 20 heavy (non-hydrogen) atoms. The van der Waals surface area contributed by atoms with Crippen LogP contribution in [0.3, 0.4) is 0 Å². The van der Waals surface area contributed by atoms with Gasteiger partial charge in [-0.3, -0.25) is 0 Å². The molecule has 2 rings (SSSR count). The van der Waals surface area contributed by atoms with Crippen LogP contribution in [0.4, 0.5) is 5.82 Å². The van der Waals surface area contributed by atoms with Gasteiger partial charge in [-0.25, -0.2) is 18.1 Å². The number of aromatic nitrogens is 1. The van der Waals surface area contributed by atoms with Gasteiger partial charge in [0.05, 0.1) is 10.4 Å². The van der Waals surface area contributed by atoms with E-state index >= 15 is 0 Å². The maximum absolute atomic E-state index is 12.1. The highest BCUT2D eigenvalue weighted by Gasteiger charge is 2.13. The van der Waals surface area contributed by atoms with Gasteiger partial charge in [-0.1, -0.05) is 0 Å². The molecule has 0 atom stereocenters. The lowest BCUT2D eigenvalue weighted by molar-refractivity contribution is 0.196. The van der Waals surface area contributed by atoms with E-state index in [2.05, 4.69) is 9.71 Å². The van der Waals surface area contributed by atoms with E-state index in [0.29, 0.717) is 30.9 Å². The van der Waals surface area contributed by atoms with E-state index in [0.717, 1.165) is 5.39 Å². The van der Waals surface area contributed by atoms with E-state index in [1.54, 1.807) is 31.4 Å². The highest BCUT2D eigenvalue weighted by Crippen LogP contribution is 2.18. The Kier molecular flexibility index (Phi) is 4.53. The maximum atomic E-state index is 12.1. The summed E-state index contributed by atoms with van der Waals surface area (Å²) in [6.45, 7) is 0.859. The van der Waals surface area contributed by atoms with Gasteiger partial charge in [0.25, 0.3) is 0 Å². The van der Waals surface area contributed by atoms with Crippen molar-refractivity contribution in [3.05, 3.63) is 30.3 Å². The summed E-state index contributed by atoms with van der Waals surface area (Å²) in [5.41, 5.74) is 6.26. The number of anilines is 1. The third-order valence-corrected chi connectivity index (χ3v) is 4.27. The summed E-state index contributed by atoms with van der Waals surface area (Å²) in [4.78, 5) is 4.35. The lowest BCUT2D eigenvalue weighted by Gasteiger charge is -2.07. The minimum Gasteiger partial charge on any atom is -0.385 e. The number of rotatable bonds is 6. The number of ether oxygens (including phenoxy) is 1. The van der Waals surface area contributed by atoms with Crippen molar-refractivity contribution >= 4 is 26.7 Å². The van der Waals surface area contributed by atoms with Gasteiger partial charge < -0.3 is 10.5 Å². The molecular formula is C13H17N3O3S. The number of fused-ring (bicyclic) bond motifs is 1. The molecule has 1 aromatic carbocycles. The summed E-state index contributed by atoms with van der Waals surface area (Å²) in [7, 11) is -1.93. The first-order chi connectivity index (χ1) is 9.53. The number of nitrogens with zero attached hydrogens (tertiary/aromatic N) is 1. The van der Waals surface area contributed by atoms with Gasteiger partial charge in [0.2, 0.25) is 10.0 Å². The molecule has 0 spiro atoms. The van der Waals surface area contributed by atoms with Gasteiger partial charge in [-0.05, 0) is 36.8 Å². The van der Waals surface area contributed by atoms with Crippen molar-refractivity contribution in [2.45, 2.75) is 11.3 Å². The van der Waals surface area contributed by atoms with Crippen LogP contribution >= 0.6 is 0 Å². The second kappa shape index (κ2) is 6.17.